The molecule has 1 aromatic carbocycles. The molecule has 1 atom stereocenters. The molecule has 1 unspecified atom stereocenters. The fraction of sp³-hybridized carbons (Fsp3) is 0.308. The maximum absolute atomic E-state index is 12.4. The average molecular weight is 330 g/mol. The van der Waals surface area contributed by atoms with Gasteiger partial charge in [-0.3, -0.25) is 4.79 Å². The van der Waals surface area contributed by atoms with Gasteiger partial charge in [0.15, 0.2) is 0 Å². The molecule has 23 heavy (non-hydrogen) atoms. The molecule has 0 saturated heterocycles. The molecule has 10 heteroatoms. The lowest BCUT2D eigenvalue weighted by atomic mass is 10.2. The SMILES string of the molecule is COCC(N)C(=O)Nc1ccc(-c2noc(C(F)(F)F)n2)cc1. The van der Waals surface area contributed by atoms with Gasteiger partial charge in [0.2, 0.25) is 11.7 Å². The molecule has 0 aliphatic heterocycles. The Labute approximate surface area is 128 Å². The number of hydrogen-bond acceptors (Lipinski definition) is 6. The summed E-state index contributed by atoms with van der Waals surface area (Å²) < 4.78 is 46.1. The van der Waals surface area contributed by atoms with Gasteiger partial charge in [0.1, 0.15) is 6.04 Å². The highest BCUT2D eigenvalue weighted by Crippen LogP contribution is 2.29. The lowest BCUT2D eigenvalue weighted by molar-refractivity contribution is -0.159. The topological polar surface area (TPSA) is 103 Å². The molecule has 1 heterocycles. The number of nitrogens with two attached hydrogens (primary N) is 1. The summed E-state index contributed by atoms with van der Waals surface area (Å²) in [5.74, 6) is -2.07. The largest absolute Gasteiger partial charge is 0.471 e. The zero-order chi connectivity index (χ0) is 17.0. The van der Waals surface area contributed by atoms with Crippen LogP contribution in [0.2, 0.25) is 0 Å². The highest BCUT2D eigenvalue weighted by atomic mass is 19.4. The minimum absolute atomic E-state index is 0.0625. The molecule has 0 aliphatic rings. The average Bonchev–Trinajstić information content (AvgIpc) is 2.98. The molecule has 0 spiro atoms. The summed E-state index contributed by atoms with van der Waals surface area (Å²) in [5.41, 5.74) is 6.29. The molecule has 1 aromatic heterocycles. The number of halogens is 3. The predicted octanol–water partition coefficient (Wildman–Crippen LogP) is 1.67. The normalized spacial score (nSPS) is 12.9. The van der Waals surface area contributed by atoms with Gasteiger partial charge in [0.25, 0.3) is 0 Å². The molecule has 0 bridgehead atoms. The number of nitrogens with one attached hydrogen (secondary N) is 1. The van der Waals surface area contributed by atoms with Crippen molar-refractivity contribution in [3.8, 4) is 11.4 Å². The number of aromatic nitrogens is 2. The first kappa shape index (κ1) is 16.9. The quantitative estimate of drug-likeness (QED) is 0.864. The van der Waals surface area contributed by atoms with Gasteiger partial charge >= 0.3 is 12.1 Å². The van der Waals surface area contributed by atoms with E-state index in [1.54, 1.807) is 0 Å². The molecule has 1 amide bonds. The van der Waals surface area contributed by atoms with E-state index in [2.05, 4.69) is 20.0 Å². The number of alkyl halides is 3. The predicted molar refractivity (Wildman–Crippen MR) is 73.2 cm³/mol. The van der Waals surface area contributed by atoms with Crippen molar-refractivity contribution >= 4 is 11.6 Å². The van der Waals surface area contributed by atoms with E-state index in [0.29, 0.717) is 11.3 Å². The Bertz CT molecular complexity index is 670. The Kier molecular flexibility index (Phi) is 4.96. The Morgan fingerprint density at radius 1 is 1.39 bits per heavy atom. The van der Waals surface area contributed by atoms with E-state index in [1.807, 2.05) is 0 Å². The molecule has 0 fully saturated rings. The smallest absolute Gasteiger partial charge is 0.383 e. The first-order valence-corrected chi connectivity index (χ1v) is 6.38. The second-order valence-corrected chi connectivity index (χ2v) is 4.55. The van der Waals surface area contributed by atoms with Crippen molar-refractivity contribution in [1.29, 1.82) is 0 Å². The van der Waals surface area contributed by atoms with E-state index in [-0.39, 0.29) is 12.4 Å². The Morgan fingerprint density at radius 3 is 2.57 bits per heavy atom. The van der Waals surface area contributed by atoms with E-state index in [0.717, 1.165) is 0 Å². The molecule has 0 saturated carbocycles. The lowest BCUT2D eigenvalue weighted by Gasteiger charge is -2.11. The molecular weight excluding hydrogens is 317 g/mol. The van der Waals surface area contributed by atoms with Gasteiger partial charge in [-0.2, -0.15) is 18.2 Å². The van der Waals surface area contributed by atoms with Crippen molar-refractivity contribution in [2.24, 2.45) is 5.73 Å². The molecule has 7 nitrogen and oxygen atoms in total. The second-order valence-electron chi connectivity index (χ2n) is 4.55. The zero-order valence-corrected chi connectivity index (χ0v) is 11.9. The highest BCUT2D eigenvalue weighted by molar-refractivity contribution is 5.94. The van der Waals surface area contributed by atoms with Crippen molar-refractivity contribution in [3.05, 3.63) is 30.2 Å². The first-order valence-electron chi connectivity index (χ1n) is 6.38. The van der Waals surface area contributed by atoms with Gasteiger partial charge in [-0.15, -0.1) is 0 Å². The number of ether oxygens (including phenoxy) is 1. The van der Waals surface area contributed by atoms with Crippen molar-refractivity contribution in [2.45, 2.75) is 12.2 Å². The van der Waals surface area contributed by atoms with Gasteiger partial charge in [-0.25, -0.2) is 0 Å². The molecule has 124 valence electrons. The van der Waals surface area contributed by atoms with Crippen LogP contribution in [0.4, 0.5) is 18.9 Å². The third kappa shape index (κ3) is 4.27. The van der Waals surface area contributed by atoms with Gasteiger partial charge in [0, 0.05) is 18.4 Å². The summed E-state index contributed by atoms with van der Waals surface area (Å²) in [4.78, 5) is 15.0. The number of rotatable bonds is 5. The summed E-state index contributed by atoms with van der Waals surface area (Å²) in [5, 5.41) is 5.81. The molecular formula is C13H13F3N4O3. The second kappa shape index (κ2) is 6.75. The van der Waals surface area contributed by atoms with Gasteiger partial charge in [0.05, 0.1) is 6.61 Å². The van der Waals surface area contributed by atoms with Gasteiger partial charge in [-0.05, 0) is 24.3 Å². The fourth-order valence-electron chi connectivity index (χ4n) is 1.65. The maximum atomic E-state index is 12.4. The summed E-state index contributed by atoms with van der Waals surface area (Å²) >= 11 is 0. The summed E-state index contributed by atoms with van der Waals surface area (Å²) in [6, 6.07) is 5.03. The van der Waals surface area contributed by atoms with Crippen molar-refractivity contribution in [2.75, 3.05) is 19.0 Å². The van der Waals surface area contributed by atoms with Crippen LogP contribution < -0.4 is 11.1 Å². The van der Waals surface area contributed by atoms with E-state index in [9.17, 15) is 18.0 Å². The number of methoxy groups -OCH3 is 1. The minimum Gasteiger partial charge on any atom is -0.383 e. The van der Waals surface area contributed by atoms with Crippen LogP contribution >= 0.6 is 0 Å². The van der Waals surface area contributed by atoms with Gasteiger partial charge in [-0.1, -0.05) is 5.16 Å². The van der Waals surface area contributed by atoms with Crippen LogP contribution in [0.1, 0.15) is 5.89 Å². The minimum atomic E-state index is -4.70. The fourth-order valence-corrected chi connectivity index (χ4v) is 1.65. The molecule has 2 aromatic rings. The van der Waals surface area contributed by atoms with Crippen LogP contribution in [-0.4, -0.2) is 35.8 Å². The standard InChI is InChI=1S/C13H13F3N4O3/c1-22-6-9(17)11(21)18-8-4-2-7(3-5-8)10-19-12(23-20-10)13(14,15)16/h2-5,9H,6,17H2,1H3,(H,18,21). The zero-order valence-electron chi connectivity index (χ0n) is 11.9. The van der Waals surface area contributed by atoms with Crippen LogP contribution in [0.3, 0.4) is 0 Å². The van der Waals surface area contributed by atoms with Gasteiger partial charge < -0.3 is 20.3 Å². The third-order valence-electron chi connectivity index (χ3n) is 2.76. The number of hydrogen-bond donors (Lipinski definition) is 2. The van der Waals surface area contributed by atoms with E-state index in [4.69, 9.17) is 10.5 Å². The van der Waals surface area contributed by atoms with E-state index < -0.39 is 24.0 Å². The van der Waals surface area contributed by atoms with Crippen LogP contribution in [0.25, 0.3) is 11.4 Å². The van der Waals surface area contributed by atoms with Crippen LogP contribution in [0.15, 0.2) is 28.8 Å². The summed E-state index contributed by atoms with van der Waals surface area (Å²) in [6.07, 6.45) is -4.70. The molecule has 0 radical (unpaired) electrons. The monoisotopic (exact) mass is 330 g/mol. The third-order valence-corrected chi connectivity index (χ3v) is 2.76. The number of carbonyl (C=O) groups excluding carboxylic acids is 1. The number of amides is 1. The summed E-state index contributed by atoms with van der Waals surface area (Å²) in [7, 11) is 1.42. The van der Waals surface area contributed by atoms with Crippen LogP contribution in [0.5, 0.6) is 0 Å². The highest BCUT2D eigenvalue weighted by Gasteiger charge is 2.38. The number of nitrogens with zero attached hydrogens (tertiary/aromatic N) is 2. The molecule has 0 aliphatic carbocycles. The Morgan fingerprint density at radius 2 is 2.04 bits per heavy atom. The number of benzene rings is 1. The Hall–Kier alpha value is -2.46. The summed E-state index contributed by atoms with van der Waals surface area (Å²) in [6.45, 7) is 0.0625. The van der Waals surface area contributed by atoms with Crippen LogP contribution in [-0.2, 0) is 15.7 Å². The number of anilines is 1. The van der Waals surface area contributed by atoms with Crippen molar-refractivity contribution in [1.82, 2.24) is 10.1 Å². The number of carbonyl (C=O) groups is 1. The van der Waals surface area contributed by atoms with E-state index >= 15 is 0 Å². The maximum Gasteiger partial charge on any atom is 0.471 e. The van der Waals surface area contributed by atoms with Crippen molar-refractivity contribution < 1.29 is 27.2 Å². The van der Waals surface area contributed by atoms with E-state index in [1.165, 1.54) is 31.4 Å². The van der Waals surface area contributed by atoms with Crippen LogP contribution in [0, 0.1) is 0 Å². The molecule has 2 rings (SSSR count). The molecule has 3 N–H and O–H groups in total. The Balaban J connectivity index is 2.08. The lowest BCUT2D eigenvalue weighted by Crippen LogP contribution is -2.39. The first-order chi connectivity index (χ1) is 10.8. The van der Waals surface area contributed by atoms with Crippen molar-refractivity contribution in [3.63, 3.8) is 0 Å².